The zero-order valence-electron chi connectivity index (χ0n) is 11.2. The number of aryl methyl sites for hydroxylation is 1. The number of rotatable bonds is 5. The summed E-state index contributed by atoms with van der Waals surface area (Å²) in [5.41, 5.74) is 1.42. The van der Waals surface area contributed by atoms with Gasteiger partial charge in [0, 0.05) is 11.8 Å². The predicted molar refractivity (Wildman–Crippen MR) is 70.6 cm³/mol. The van der Waals surface area contributed by atoms with Gasteiger partial charge in [0.1, 0.15) is 5.78 Å². The third-order valence-electron chi connectivity index (χ3n) is 2.92. The number of carbonyl (C=O) groups is 2. The van der Waals surface area contributed by atoms with Crippen molar-refractivity contribution in [1.82, 2.24) is 0 Å². The summed E-state index contributed by atoms with van der Waals surface area (Å²) in [5, 5.41) is 8.83. The highest BCUT2D eigenvalue weighted by molar-refractivity contribution is 5.83. The summed E-state index contributed by atoms with van der Waals surface area (Å²) in [6.07, 6.45) is 1.08. The molecule has 0 aliphatic carbocycles. The van der Waals surface area contributed by atoms with E-state index in [9.17, 15) is 9.59 Å². The van der Waals surface area contributed by atoms with E-state index >= 15 is 0 Å². The first-order valence-corrected chi connectivity index (χ1v) is 6.12. The molecule has 3 heteroatoms. The summed E-state index contributed by atoms with van der Waals surface area (Å²) < 4.78 is 0. The lowest BCUT2D eigenvalue weighted by atomic mass is 9.87. The lowest BCUT2D eigenvalue weighted by Gasteiger charge is -2.16. The molecule has 1 aromatic rings. The van der Waals surface area contributed by atoms with Crippen LogP contribution in [-0.2, 0) is 22.4 Å². The van der Waals surface area contributed by atoms with Crippen molar-refractivity contribution in [2.75, 3.05) is 0 Å². The van der Waals surface area contributed by atoms with E-state index in [1.54, 1.807) is 0 Å². The Morgan fingerprint density at radius 1 is 1.11 bits per heavy atom. The van der Waals surface area contributed by atoms with Gasteiger partial charge in [0.15, 0.2) is 0 Å². The average molecular weight is 248 g/mol. The predicted octanol–water partition coefficient (Wildman–Crippen LogP) is 2.86. The van der Waals surface area contributed by atoms with Crippen molar-refractivity contribution < 1.29 is 14.7 Å². The van der Waals surface area contributed by atoms with E-state index in [1.807, 2.05) is 45.0 Å². The number of Topliss-reactive ketones (excluding diaryl/α,β-unsaturated/α-hetero) is 1. The van der Waals surface area contributed by atoms with Gasteiger partial charge in [0.05, 0.1) is 6.42 Å². The fourth-order valence-electron chi connectivity index (χ4n) is 1.76. The normalized spacial score (nSPS) is 11.3. The van der Waals surface area contributed by atoms with Gasteiger partial charge in [-0.25, -0.2) is 0 Å². The molecule has 1 N–H and O–H groups in total. The van der Waals surface area contributed by atoms with Crippen LogP contribution in [0.25, 0.3) is 0 Å². The largest absolute Gasteiger partial charge is 0.481 e. The summed E-state index contributed by atoms with van der Waals surface area (Å²) in [6, 6.07) is 7.41. The Bertz CT molecular complexity index is 441. The molecule has 0 amide bonds. The molecule has 0 saturated carbocycles. The Morgan fingerprint density at radius 3 is 2.17 bits per heavy atom. The highest BCUT2D eigenvalue weighted by atomic mass is 16.4. The maximum absolute atomic E-state index is 11.9. The van der Waals surface area contributed by atoms with E-state index in [0.29, 0.717) is 12.8 Å². The molecule has 0 unspecified atom stereocenters. The lowest BCUT2D eigenvalue weighted by Crippen LogP contribution is -2.20. The fourth-order valence-corrected chi connectivity index (χ4v) is 1.76. The molecule has 18 heavy (non-hydrogen) atoms. The number of aliphatic carboxylic acids is 1. The Kier molecular flexibility index (Phi) is 4.65. The summed E-state index contributed by atoms with van der Waals surface area (Å²) in [5.74, 6) is -0.641. The molecule has 0 aliphatic rings. The van der Waals surface area contributed by atoms with Gasteiger partial charge < -0.3 is 5.11 Å². The molecule has 98 valence electrons. The number of carboxylic acids is 1. The molecule has 1 rings (SSSR count). The topological polar surface area (TPSA) is 54.4 Å². The van der Waals surface area contributed by atoms with Crippen LogP contribution < -0.4 is 0 Å². The van der Waals surface area contributed by atoms with Crippen molar-refractivity contribution in [2.24, 2.45) is 5.41 Å². The van der Waals surface area contributed by atoms with E-state index in [1.165, 1.54) is 0 Å². The summed E-state index contributed by atoms with van der Waals surface area (Å²) in [6.45, 7) is 5.70. The second-order valence-corrected chi connectivity index (χ2v) is 5.51. The zero-order valence-corrected chi connectivity index (χ0v) is 11.2. The van der Waals surface area contributed by atoms with Crippen molar-refractivity contribution >= 4 is 11.8 Å². The number of ketones is 1. The Morgan fingerprint density at radius 2 is 1.67 bits per heavy atom. The van der Waals surface area contributed by atoms with Crippen molar-refractivity contribution in [1.29, 1.82) is 0 Å². The van der Waals surface area contributed by atoms with E-state index in [4.69, 9.17) is 5.11 Å². The Balaban J connectivity index is 2.73. The molecule has 0 aromatic heterocycles. The molecular formula is C15H20O3. The molecule has 3 nitrogen and oxygen atoms in total. The highest BCUT2D eigenvalue weighted by Crippen LogP contribution is 2.19. The van der Waals surface area contributed by atoms with E-state index < -0.39 is 5.97 Å². The molecule has 0 atom stereocenters. The first-order chi connectivity index (χ1) is 8.30. The fraction of sp³-hybridized carbons (Fsp3) is 0.467. The maximum Gasteiger partial charge on any atom is 0.307 e. The van der Waals surface area contributed by atoms with Crippen LogP contribution in [0.3, 0.4) is 0 Å². The molecule has 0 heterocycles. The maximum atomic E-state index is 11.9. The van der Waals surface area contributed by atoms with E-state index in [-0.39, 0.29) is 17.6 Å². The molecule has 0 saturated heterocycles. The SMILES string of the molecule is CC(C)(C)C(=O)CCc1ccccc1CC(=O)O. The number of carboxylic acid groups (broad SMARTS) is 1. The number of hydrogen-bond donors (Lipinski definition) is 1. The third-order valence-corrected chi connectivity index (χ3v) is 2.92. The summed E-state index contributed by atoms with van der Waals surface area (Å²) in [4.78, 5) is 22.6. The first-order valence-electron chi connectivity index (χ1n) is 6.12. The zero-order chi connectivity index (χ0) is 13.8. The van der Waals surface area contributed by atoms with Gasteiger partial charge in [-0.2, -0.15) is 0 Å². The van der Waals surface area contributed by atoms with Gasteiger partial charge >= 0.3 is 5.97 Å². The lowest BCUT2D eigenvalue weighted by molar-refractivity contribution is -0.136. The van der Waals surface area contributed by atoms with Gasteiger partial charge in [0.2, 0.25) is 0 Å². The molecule has 0 fully saturated rings. The van der Waals surface area contributed by atoms with Crippen molar-refractivity contribution in [3.8, 4) is 0 Å². The van der Waals surface area contributed by atoms with Crippen LogP contribution >= 0.6 is 0 Å². The van der Waals surface area contributed by atoms with E-state index in [0.717, 1.165) is 11.1 Å². The van der Waals surface area contributed by atoms with Gasteiger partial charge in [0.25, 0.3) is 0 Å². The monoisotopic (exact) mass is 248 g/mol. The van der Waals surface area contributed by atoms with Crippen LogP contribution in [0.5, 0.6) is 0 Å². The highest BCUT2D eigenvalue weighted by Gasteiger charge is 2.20. The minimum atomic E-state index is -0.843. The Hall–Kier alpha value is -1.64. The van der Waals surface area contributed by atoms with Crippen LogP contribution in [0.1, 0.15) is 38.3 Å². The van der Waals surface area contributed by atoms with Crippen LogP contribution in [0.2, 0.25) is 0 Å². The van der Waals surface area contributed by atoms with Crippen LogP contribution in [0.15, 0.2) is 24.3 Å². The van der Waals surface area contributed by atoms with E-state index in [2.05, 4.69) is 0 Å². The molecule has 0 aliphatic heterocycles. The number of hydrogen-bond acceptors (Lipinski definition) is 2. The standard InChI is InChI=1S/C15H20O3/c1-15(2,3)13(16)9-8-11-6-4-5-7-12(11)10-14(17)18/h4-7H,8-10H2,1-3H3,(H,17,18). The minimum absolute atomic E-state index is 0.0138. The molecule has 1 aromatic carbocycles. The quantitative estimate of drug-likeness (QED) is 0.871. The van der Waals surface area contributed by atoms with Crippen LogP contribution in [0.4, 0.5) is 0 Å². The van der Waals surface area contributed by atoms with Crippen molar-refractivity contribution in [3.63, 3.8) is 0 Å². The second kappa shape index (κ2) is 5.80. The summed E-state index contributed by atoms with van der Waals surface area (Å²) >= 11 is 0. The minimum Gasteiger partial charge on any atom is -0.481 e. The molecular weight excluding hydrogens is 228 g/mol. The number of benzene rings is 1. The first kappa shape index (κ1) is 14.4. The van der Waals surface area contributed by atoms with Crippen LogP contribution in [0, 0.1) is 5.41 Å². The van der Waals surface area contributed by atoms with Crippen molar-refractivity contribution in [2.45, 2.75) is 40.0 Å². The summed E-state index contributed by atoms with van der Waals surface area (Å²) in [7, 11) is 0. The molecule has 0 spiro atoms. The van der Waals surface area contributed by atoms with Crippen molar-refractivity contribution in [3.05, 3.63) is 35.4 Å². The van der Waals surface area contributed by atoms with Gasteiger partial charge in [-0.15, -0.1) is 0 Å². The third kappa shape index (κ3) is 4.32. The molecule has 0 bridgehead atoms. The Labute approximate surface area is 108 Å². The smallest absolute Gasteiger partial charge is 0.307 e. The second-order valence-electron chi connectivity index (χ2n) is 5.51. The average Bonchev–Trinajstić information content (AvgIpc) is 2.25. The van der Waals surface area contributed by atoms with Gasteiger partial charge in [-0.3, -0.25) is 9.59 Å². The number of carbonyl (C=O) groups excluding carboxylic acids is 1. The van der Waals surface area contributed by atoms with Gasteiger partial charge in [-0.1, -0.05) is 45.0 Å². The van der Waals surface area contributed by atoms with Gasteiger partial charge in [-0.05, 0) is 17.5 Å². The van der Waals surface area contributed by atoms with Crippen LogP contribution in [-0.4, -0.2) is 16.9 Å². The molecule has 0 radical (unpaired) electrons.